The molecule has 0 aliphatic heterocycles. The second kappa shape index (κ2) is 5.44. The smallest absolute Gasteiger partial charge is 0.246 e. The van der Waals surface area contributed by atoms with Crippen LogP contribution in [0.1, 0.15) is 0 Å². The first kappa shape index (κ1) is 9.65. The molecule has 4 heteroatoms. The van der Waals surface area contributed by atoms with Crippen LogP contribution >= 0.6 is 15.9 Å². The average Bonchev–Trinajstić information content (AvgIpc) is 1.85. The standard InChI is InChI=1S/C6H10BrNO2/c1-5(7)3-8-6(9)4-10-2/h1,3-4H2,2H3,(H,8,9). The molecule has 0 bridgehead atoms. The zero-order chi connectivity index (χ0) is 7.98. The monoisotopic (exact) mass is 207 g/mol. The van der Waals surface area contributed by atoms with Crippen LogP contribution in [0.5, 0.6) is 0 Å². The van der Waals surface area contributed by atoms with Gasteiger partial charge in [-0.25, -0.2) is 0 Å². The third-order valence-electron chi connectivity index (χ3n) is 0.753. The van der Waals surface area contributed by atoms with Crippen molar-refractivity contribution in [2.24, 2.45) is 0 Å². The molecule has 1 amide bonds. The quantitative estimate of drug-likeness (QED) is 0.736. The van der Waals surface area contributed by atoms with Gasteiger partial charge >= 0.3 is 0 Å². The molecule has 0 spiro atoms. The van der Waals surface area contributed by atoms with E-state index in [4.69, 9.17) is 0 Å². The Bertz CT molecular complexity index is 136. The molecule has 0 unspecified atom stereocenters. The largest absolute Gasteiger partial charge is 0.375 e. The van der Waals surface area contributed by atoms with Gasteiger partial charge in [-0.2, -0.15) is 0 Å². The van der Waals surface area contributed by atoms with Crippen molar-refractivity contribution in [3.8, 4) is 0 Å². The van der Waals surface area contributed by atoms with Crippen LogP contribution in [-0.2, 0) is 9.53 Å². The van der Waals surface area contributed by atoms with E-state index in [2.05, 4.69) is 32.6 Å². The van der Waals surface area contributed by atoms with E-state index in [1.807, 2.05) is 0 Å². The van der Waals surface area contributed by atoms with Gasteiger partial charge in [0.1, 0.15) is 6.61 Å². The number of rotatable bonds is 4. The number of hydrogen-bond acceptors (Lipinski definition) is 2. The molecule has 10 heavy (non-hydrogen) atoms. The van der Waals surface area contributed by atoms with Crippen LogP contribution in [0, 0.1) is 0 Å². The third-order valence-corrected chi connectivity index (χ3v) is 1.03. The molecule has 0 atom stereocenters. The van der Waals surface area contributed by atoms with Gasteiger partial charge in [0, 0.05) is 18.1 Å². The summed E-state index contributed by atoms with van der Waals surface area (Å²) in [7, 11) is 1.47. The lowest BCUT2D eigenvalue weighted by Gasteiger charge is -2.01. The number of hydrogen-bond donors (Lipinski definition) is 1. The van der Waals surface area contributed by atoms with Gasteiger partial charge in [0.05, 0.1) is 0 Å². The molecule has 0 aliphatic rings. The average molecular weight is 208 g/mol. The molecular weight excluding hydrogens is 198 g/mol. The summed E-state index contributed by atoms with van der Waals surface area (Å²) in [6.07, 6.45) is 0. The molecule has 0 saturated heterocycles. The molecule has 0 radical (unpaired) electrons. The van der Waals surface area contributed by atoms with Gasteiger partial charge < -0.3 is 10.1 Å². The van der Waals surface area contributed by atoms with Gasteiger partial charge in [0.2, 0.25) is 5.91 Å². The summed E-state index contributed by atoms with van der Waals surface area (Å²) in [6, 6.07) is 0. The molecule has 0 saturated carbocycles. The molecule has 0 rings (SSSR count). The van der Waals surface area contributed by atoms with Gasteiger partial charge in [-0.3, -0.25) is 4.79 Å². The molecule has 1 N–H and O–H groups in total. The number of halogens is 1. The Balaban J connectivity index is 3.30. The highest BCUT2D eigenvalue weighted by Gasteiger charge is 1.97. The first-order valence-electron chi connectivity index (χ1n) is 2.75. The zero-order valence-corrected chi connectivity index (χ0v) is 7.40. The van der Waals surface area contributed by atoms with Crippen LogP contribution in [0.4, 0.5) is 0 Å². The number of ether oxygens (including phenoxy) is 1. The fraction of sp³-hybridized carbons (Fsp3) is 0.500. The first-order valence-corrected chi connectivity index (χ1v) is 3.55. The minimum Gasteiger partial charge on any atom is -0.375 e. The lowest BCUT2D eigenvalue weighted by Crippen LogP contribution is -2.27. The minimum atomic E-state index is -0.136. The fourth-order valence-electron chi connectivity index (χ4n) is 0.377. The van der Waals surface area contributed by atoms with Crippen molar-refractivity contribution in [3.05, 3.63) is 11.1 Å². The minimum absolute atomic E-state index is 0.0975. The van der Waals surface area contributed by atoms with Crippen molar-refractivity contribution < 1.29 is 9.53 Å². The molecule has 0 aliphatic carbocycles. The Morgan fingerprint density at radius 1 is 1.80 bits per heavy atom. The molecule has 3 nitrogen and oxygen atoms in total. The van der Waals surface area contributed by atoms with E-state index in [9.17, 15) is 4.79 Å². The predicted octanol–water partition coefficient (Wildman–Crippen LogP) is 0.658. The van der Waals surface area contributed by atoms with E-state index in [-0.39, 0.29) is 12.5 Å². The summed E-state index contributed by atoms with van der Waals surface area (Å²) >= 11 is 3.10. The van der Waals surface area contributed by atoms with Gasteiger partial charge in [-0.1, -0.05) is 22.5 Å². The summed E-state index contributed by atoms with van der Waals surface area (Å²) < 4.78 is 5.33. The van der Waals surface area contributed by atoms with E-state index in [0.29, 0.717) is 6.54 Å². The van der Waals surface area contributed by atoms with Gasteiger partial charge in [0.25, 0.3) is 0 Å². The maximum Gasteiger partial charge on any atom is 0.246 e. The summed E-state index contributed by atoms with van der Waals surface area (Å²) in [4.78, 5) is 10.6. The molecule has 0 heterocycles. The highest BCUT2D eigenvalue weighted by Crippen LogP contribution is 1.95. The zero-order valence-electron chi connectivity index (χ0n) is 5.82. The van der Waals surface area contributed by atoms with E-state index in [1.165, 1.54) is 7.11 Å². The van der Waals surface area contributed by atoms with Crippen molar-refractivity contribution in [1.29, 1.82) is 0 Å². The Hall–Kier alpha value is -0.350. The van der Waals surface area contributed by atoms with E-state index in [1.54, 1.807) is 0 Å². The summed E-state index contributed by atoms with van der Waals surface area (Å²) in [5.74, 6) is -0.136. The lowest BCUT2D eigenvalue weighted by atomic mass is 10.5. The number of carbonyl (C=O) groups excluding carboxylic acids is 1. The first-order chi connectivity index (χ1) is 4.66. The van der Waals surface area contributed by atoms with Crippen molar-refractivity contribution in [1.82, 2.24) is 5.32 Å². The lowest BCUT2D eigenvalue weighted by molar-refractivity contribution is -0.124. The molecular formula is C6H10BrNO2. The maximum absolute atomic E-state index is 10.6. The number of amides is 1. The van der Waals surface area contributed by atoms with Crippen LogP contribution < -0.4 is 5.32 Å². The van der Waals surface area contributed by atoms with Crippen LogP contribution in [0.2, 0.25) is 0 Å². The van der Waals surface area contributed by atoms with Crippen LogP contribution in [-0.4, -0.2) is 26.2 Å². The van der Waals surface area contributed by atoms with Crippen molar-refractivity contribution in [2.75, 3.05) is 20.3 Å². The van der Waals surface area contributed by atoms with Crippen molar-refractivity contribution in [2.45, 2.75) is 0 Å². The number of carbonyl (C=O) groups is 1. The Morgan fingerprint density at radius 2 is 2.40 bits per heavy atom. The Morgan fingerprint density at radius 3 is 2.80 bits per heavy atom. The topological polar surface area (TPSA) is 38.3 Å². The Labute approximate surface area is 68.6 Å². The summed E-state index contributed by atoms with van der Waals surface area (Å²) in [5.41, 5.74) is 0. The highest BCUT2D eigenvalue weighted by molar-refractivity contribution is 9.11. The third kappa shape index (κ3) is 5.78. The molecule has 0 aromatic carbocycles. The predicted molar refractivity (Wildman–Crippen MR) is 43.0 cm³/mol. The second-order valence-corrected chi connectivity index (χ2v) is 2.85. The second-order valence-electron chi connectivity index (χ2n) is 1.73. The van der Waals surface area contributed by atoms with E-state index < -0.39 is 0 Å². The van der Waals surface area contributed by atoms with Gasteiger partial charge in [0.15, 0.2) is 0 Å². The van der Waals surface area contributed by atoms with E-state index >= 15 is 0 Å². The normalized spacial score (nSPS) is 9.00. The number of methoxy groups -OCH3 is 1. The summed E-state index contributed by atoms with van der Waals surface area (Å²) in [5, 5.41) is 2.57. The van der Waals surface area contributed by atoms with Gasteiger partial charge in [-0.15, -0.1) is 0 Å². The van der Waals surface area contributed by atoms with E-state index in [0.717, 1.165) is 4.48 Å². The Kier molecular flexibility index (Phi) is 5.25. The SMILES string of the molecule is C=C(Br)CNC(=O)COC. The fourth-order valence-corrected chi connectivity index (χ4v) is 0.517. The molecule has 58 valence electrons. The van der Waals surface area contributed by atoms with Gasteiger partial charge in [-0.05, 0) is 0 Å². The van der Waals surface area contributed by atoms with Crippen LogP contribution in [0.15, 0.2) is 11.1 Å². The molecule has 0 fully saturated rings. The van der Waals surface area contributed by atoms with Crippen molar-refractivity contribution in [3.63, 3.8) is 0 Å². The summed E-state index contributed by atoms with van der Waals surface area (Å²) in [6.45, 7) is 4.09. The molecule has 0 aromatic rings. The molecule has 0 aromatic heterocycles. The van der Waals surface area contributed by atoms with Crippen molar-refractivity contribution >= 4 is 21.8 Å². The number of nitrogens with one attached hydrogen (secondary N) is 1. The van der Waals surface area contributed by atoms with Crippen LogP contribution in [0.25, 0.3) is 0 Å². The maximum atomic E-state index is 10.6. The highest BCUT2D eigenvalue weighted by atomic mass is 79.9. The van der Waals surface area contributed by atoms with Crippen LogP contribution in [0.3, 0.4) is 0 Å².